The number of rotatable bonds is 7. The van der Waals surface area contributed by atoms with E-state index in [4.69, 9.17) is 0 Å². The minimum Gasteiger partial charge on any atom is -0.316 e. The number of nitrogens with one attached hydrogen (secondary N) is 1. The molecule has 1 heterocycles. The van der Waals surface area contributed by atoms with E-state index in [2.05, 4.69) is 17.1 Å². The summed E-state index contributed by atoms with van der Waals surface area (Å²) in [5.74, 6) is 1.97. The van der Waals surface area contributed by atoms with Gasteiger partial charge in [0.05, 0.1) is 0 Å². The molecular formula is C13H26N2. The second kappa shape index (κ2) is 5.86. The fourth-order valence-corrected chi connectivity index (χ4v) is 2.60. The lowest BCUT2D eigenvalue weighted by molar-refractivity contribution is 0.328. The molecule has 2 aliphatic rings. The van der Waals surface area contributed by atoms with E-state index in [1.807, 2.05) is 0 Å². The molecule has 0 radical (unpaired) electrons. The van der Waals surface area contributed by atoms with Crippen LogP contribution in [0.25, 0.3) is 0 Å². The summed E-state index contributed by atoms with van der Waals surface area (Å²) in [7, 11) is 0. The Hall–Kier alpha value is -0.0800. The predicted molar refractivity (Wildman–Crippen MR) is 65.0 cm³/mol. The summed E-state index contributed by atoms with van der Waals surface area (Å²) in [6.07, 6.45) is 7.14. The molecule has 0 aromatic heterocycles. The van der Waals surface area contributed by atoms with Crippen molar-refractivity contribution in [2.45, 2.75) is 39.0 Å². The molecule has 2 heteroatoms. The largest absolute Gasteiger partial charge is 0.316 e. The molecule has 1 unspecified atom stereocenters. The summed E-state index contributed by atoms with van der Waals surface area (Å²) in [4.78, 5) is 2.60. The van der Waals surface area contributed by atoms with Gasteiger partial charge in [0, 0.05) is 0 Å². The van der Waals surface area contributed by atoms with Crippen LogP contribution in [0.3, 0.4) is 0 Å². The van der Waals surface area contributed by atoms with Gasteiger partial charge < -0.3 is 10.2 Å². The minimum absolute atomic E-state index is 0.914. The molecule has 2 fully saturated rings. The van der Waals surface area contributed by atoms with E-state index in [0.717, 1.165) is 11.8 Å². The number of hydrogen-bond donors (Lipinski definition) is 1. The average molecular weight is 210 g/mol. The van der Waals surface area contributed by atoms with Crippen molar-refractivity contribution in [2.75, 3.05) is 32.7 Å². The zero-order valence-corrected chi connectivity index (χ0v) is 10.2. The van der Waals surface area contributed by atoms with Gasteiger partial charge in [0.15, 0.2) is 0 Å². The topological polar surface area (TPSA) is 15.3 Å². The molecule has 0 bridgehead atoms. The average Bonchev–Trinajstić information content (AvgIpc) is 2.97. The second-order valence-electron chi connectivity index (χ2n) is 5.42. The lowest BCUT2D eigenvalue weighted by Gasteiger charge is -2.15. The van der Waals surface area contributed by atoms with E-state index in [1.54, 1.807) is 0 Å². The van der Waals surface area contributed by atoms with Crippen LogP contribution in [0.2, 0.25) is 0 Å². The normalized spacial score (nSPS) is 24.6. The summed E-state index contributed by atoms with van der Waals surface area (Å²) < 4.78 is 0. The Kier molecular flexibility index (Phi) is 4.45. The summed E-state index contributed by atoms with van der Waals surface area (Å²) in [6, 6.07) is 0. The molecule has 1 saturated carbocycles. The van der Waals surface area contributed by atoms with Gasteiger partial charge in [0.1, 0.15) is 0 Å². The first kappa shape index (κ1) is 11.4. The molecule has 1 aliphatic heterocycles. The highest BCUT2D eigenvalue weighted by Crippen LogP contribution is 2.35. The highest BCUT2D eigenvalue weighted by molar-refractivity contribution is 4.79. The Bertz CT molecular complexity index is 167. The van der Waals surface area contributed by atoms with Crippen LogP contribution in [-0.4, -0.2) is 37.6 Å². The summed E-state index contributed by atoms with van der Waals surface area (Å²) in [6.45, 7) is 8.85. The van der Waals surface area contributed by atoms with Crippen molar-refractivity contribution in [2.24, 2.45) is 11.8 Å². The van der Waals surface area contributed by atoms with Gasteiger partial charge in [-0.25, -0.2) is 0 Å². The highest BCUT2D eigenvalue weighted by Gasteiger charge is 2.27. The first-order chi connectivity index (χ1) is 7.36. The molecule has 1 aliphatic carbocycles. The van der Waals surface area contributed by atoms with E-state index in [1.165, 1.54) is 64.8 Å². The first-order valence-electron chi connectivity index (χ1n) is 6.79. The van der Waals surface area contributed by atoms with Crippen molar-refractivity contribution in [3.8, 4) is 0 Å². The molecule has 0 amide bonds. The van der Waals surface area contributed by atoms with E-state index >= 15 is 0 Å². The highest BCUT2D eigenvalue weighted by atomic mass is 15.1. The maximum Gasteiger partial charge on any atom is -0.000664 e. The van der Waals surface area contributed by atoms with Gasteiger partial charge in [-0.1, -0.05) is 6.92 Å². The molecule has 1 atom stereocenters. The summed E-state index contributed by atoms with van der Waals surface area (Å²) in [5.41, 5.74) is 0. The third-order valence-corrected chi connectivity index (χ3v) is 3.92. The Labute approximate surface area is 94.4 Å². The van der Waals surface area contributed by atoms with Crippen molar-refractivity contribution in [3.05, 3.63) is 0 Å². The van der Waals surface area contributed by atoms with Crippen molar-refractivity contribution < 1.29 is 0 Å². The van der Waals surface area contributed by atoms with E-state index < -0.39 is 0 Å². The quantitative estimate of drug-likeness (QED) is 0.647. The molecule has 1 saturated heterocycles. The van der Waals surface area contributed by atoms with Gasteiger partial charge in [-0.05, 0) is 76.7 Å². The number of likely N-dealkylation sites (tertiary alicyclic amines) is 1. The fraction of sp³-hybridized carbons (Fsp3) is 1.00. The van der Waals surface area contributed by atoms with Crippen LogP contribution in [-0.2, 0) is 0 Å². The van der Waals surface area contributed by atoms with Crippen LogP contribution < -0.4 is 5.32 Å². The van der Waals surface area contributed by atoms with Crippen LogP contribution in [0.1, 0.15) is 39.0 Å². The van der Waals surface area contributed by atoms with E-state index in [0.29, 0.717) is 0 Å². The SMILES string of the molecule is CC(CNCCCN1CCCC1)C1CC1. The minimum atomic E-state index is 0.914. The van der Waals surface area contributed by atoms with Crippen LogP contribution >= 0.6 is 0 Å². The third kappa shape index (κ3) is 4.12. The van der Waals surface area contributed by atoms with Crippen LogP contribution in [0.4, 0.5) is 0 Å². The predicted octanol–water partition coefficient (Wildman–Crippen LogP) is 2.11. The number of nitrogens with zero attached hydrogens (tertiary/aromatic N) is 1. The van der Waals surface area contributed by atoms with E-state index in [-0.39, 0.29) is 0 Å². The molecule has 88 valence electrons. The van der Waals surface area contributed by atoms with Crippen molar-refractivity contribution >= 4 is 0 Å². The summed E-state index contributed by atoms with van der Waals surface area (Å²) in [5, 5.41) is 3.60. The Morgan fingerprint density at radius 3 is 2.67 bits per heavy atom. The molecule has 1 N–H and O–H groups in total. The molecular weight excluding hydrogens is 184 g/mol. The fourth-order valence-electron chi connectivity index (χ4n) is 2.60. The van der Waals surface area contributed by atoms with Crippen LogP contribution in [0.5, 0.6) is 0 Å². The Balaban J connectivity index is 1.41. The Morgan fingerprint density at radius 2 is 2.00 bits per heavy atom. The maximum absolute atomic E-state index is 3.60. The van der Waals surface area contributed by atoms with Crippen LogP contribution in [0.15, 0.2) is 0 Å². The lowest BCUT2D eigenvalue weighted by Crippen LogP contribution is -2.27. The van der Waals surface area contributed by atoms with Gasteiger partial charge in [0.25, 0.3) is 0 Å². The molecule has 15 heavy (non-hydrogen) atoms. The molecule has 0 aromatic rings. The van der Waals surface area contributed by atoms with Gasteiger partial charge in [-0.3, -0.25) is 0 Å². The first-order valence-corrected chi connectivity index (χ1v) is 6.79. The monoisotopic (exact) mass is 210 g/mol. The smallest absolute Gasteiger partial charge is 0.000664 e. The molecule has 0 aromatic carbocycles. The van der Waals surface area contributed by atoms with Gasteiger partial charge in [-0.15, -0.1) is 0 Å². The molecule has 2 rings (SSSR count). The zero-order chi connectivity index (χ0) is 10.5. The van der Waals surface area contributed by atoms with Crippen molar-refractivity contribution in [3.63, 3.8) is 0 Å². The summed E-state index contributed by atoms with van der Waals surface area (Å²) >= 11 is 0. The van der Waals surface area contributed by atoms with Crippen LogP contribution in [0, 0.1) is 11.8 Å². The standard InChI is InChI=1S/C13H26N2/c1-12(13-5-6-13)11-14-7-4-10-15-8-2-3-9-15/h12-14H,2-11H2,1H3. The number of hydrogen-bond acceptors (Lipinski definition) is 2. The van der Waals surface area contributed by atoms with Gasteiger partial charge in [0.2, 0.25) is 0 Å². The third-order valence-electron chi connectivity index (χ3n) is 3.92. The maximum atomic E-state index is 3.60. The van der Waals surface area contributed by atoms with Gasteiger partial charge >= 0.3 is 0 Å². The lowest BCUT2D eigenvalue weighted by atomic mass is 10.1. The van der Waals surface area contributed by atoms with Gasteiger partial charge in [-0.2, -0.15) is 0 Å². The Morgan fingerprint density at radius 1 is 1.27 bits per heavy atom. The zero-order valence-electron chi connectivity index (χ0n) is 10.2. The molecule has 0 spiro atoms. The molecule has 2 nitrogen and oxygen atoms in total. The van der Waals surface area contributed by atoms with Crippen molar-refractivity contribution in [1.29, 1.82) is 0 Å². The van der Waals surface area contributed by atoms with Crippen molar-refractivity contribution in [1.82, 2.24) is 10.2 Å². The second-order valence-corrected chi connectivity index (χ2v) is 5.42. The van der Waals surface area contributed by atoms with E-state index in [9.17, 15) is 0 Å².